The van der Waals surface area contributed by atoms with Gasteiger partial charge in [-0.15, -0.1) is 0 Å². The highest BCUT2D eigenvalue weighted by Crippen LogP contribution is 2.63. The number of rotatable bonds is 0. The van der Waals surface area contributed by atoms with Crippen LogP contribution in [0.5, 0.6) is 0 Å². The lowest BCUT2D eigenvalue weighted by Gasteiger charge is -2.40. The van der Waals surface area contributed by atoms with Crippen LogP contribution in [0.4, 0.5) is 0 Å². The molecule has 1 aliphatic carbocycles. The normalized spacial score (nSPS) is 17.8. The highest BCUT2D eigenvalue weighted by atomic mass is 35.5. The smallest absolute Gasteiger partial charge is 0.0742 e. The average molecular weight is 433 g/mol. The Morgan fingerprint density at radius 2 is 1.32 bits per heavy atom. The van der Waals surface area contributed by atoms with E-state index in [1.165, 1.54) is 53.9 Å². The van der Waals surface area contributed by atoms with Crippen molar-refractivity contribution in [1.82, 2.24) is 0 Å². The molecule has 0 fully saturated rings. The molecular weight excluding hydrogens is 416 g/mol. The van der Waals surface area contributed by atoms with Crippen molar-refractivity contribution >= 4 is 34.1 Å². The summed E-state index contributed by atoms with van der Waals surface area (Å²) in [4.78, 5) is 2.63. The molecule has 2 heteroatoms. The van der Waals surface area contributed by atoms with E-state index in [1.54, 1.807) is 0 Å². The molecule has 0 amide bonds. The summed E-state index contributed by atoms with van der Waals surface area (Å²) in [6.07, 6.45) is 0. The fourth-order valence-corrected chi connectivity index (χ4v) is 7.04. The highest BCUT2D eigenvalue weighted by molar-refractivity contribution is 7.99. The Morgan fingerprint density at radius 1 is 0.581 bits per heavy atom. The maximum Gasteiger partial charge on any atom is 0.0742 e. The van der Waals surface area contributed by atoms with E-state index in [1.807, 2.05) is 17.8 Å². The summed E-state index contributed by atoms with van der Waals surface area (Å²) < 4.78 is 0. The fraction of sp³-hybridized carbons (Fsp3) is 0.0345. The van der Waals surface area contributed by atoms with Gasteiger partial charge in [0.2, 0.25) is 0 Å². The van der Waals surface area contributed by atoms with Gasteiger partial charge in [-0.1, -0.05) is 102 Å². The van der Waals surface area contributed by atoms with Crippen LogP contribution >= 0.6 is 23.4 Å². The summed E-state index contributed by atoms with van der Waals surface area (Å²) in [5, 5.41) is 3.36. The molecule has 0 saturated heterocycles. The van der Waals surface area contributed by atoms with Gasteiger partial charge in [-0.2, -0.15) is 0 Å². The maximum absolute atomic E-state index is 6.64. The molecule has 5 aromatic rings. The highest BCUT2D eigenvalue weighted by Gasteiger charge is 2.50. The minimum atomic E-state index is -0.380. The molecule has 1 heterocycles. The molecule has 31 heavy (non-hydrogen) atoms. The molecule has 0 radical (unpaired) electrons. The minimum absolute atomic E-state index is 0.380. The monoisotopic (exact) mass is 432 g/mol. The first kappa shape index (κ1) is 17.7. The van der Waals surface area contributed by atoms with E-state index in [9.17, 15) is 0 Å². The van der Waals surface area contributed by atoms with Gasteiger partial charge in [0.25, 0.3) is 0 Å². The number of hydrogen-bond donors (Lipinski definition) is 0. The molecule has 7 rings (SSSR count). The molecule has 0 N–H and O–H groups in total. The second-order valence-electron chi connectivity index (χ2n) is 8.24. The minimum Gasteiger partial charge on any atom is -0.0894 e. The standard InChI is InChI=1S/C29H17ClS/c30-19-14-15-22-21-9-3-4-10-23(21)29(25(22)17-19)24-11-5-6-12-26(24)31-27-16-13-18-7-1-2-8-20(18)28(27)29/h1-17H. The Hall–Kier alpha value is -3.00. The molecule has 5 aromatic carbocycles. The Bertz CT molecular complexity index is 1530. The third-order valence-corrected chi connectivity index (χ3v) is 8.15. The van der Waals surface area contributed by atoms with Gasteiger partial charge in [0, 0.05) is 14.8 Å². The fourth-order valence-electron chi connectivity index (χ4n) is 5.65. The van der Waals surface area contributed by atoms with Crippen molar-refractivity contribution in [2.24, 2.45) is 0 Å². The Morgan fingerprint density at radius 3 is 2.26 bits per heavy atom. The van der Waals surface area contributed by atoms with Crippen LogP contribution in [0.1, 0.15) is 22.3 Å². The van der Waals surface area contributed by atoms with Crippen LogP contribution in [-0.4, -0.2) is 0 Å². The summed E-state index contributed by atoms with van der Waals surface area (Å²) in [7, 11) is 0. The lowest BCUT2D eigenvalue weighted by atomic mass is 9.66. The third kappa shape index (κ3) is 2.18. The first-order valence-corrected chi connectivity index (χ1v) is 11.7. The van der Waals surface area contributed by atoms with E-state index in [0.29, 0.717) is 0 Å². The van der Waals surface area contributed by atoms with Crippen LogP contribution in [-0.2, 0) is 5.41 Å². The first-order valence-electron chi connectivity index (χ1n) is 10.5. The van der Waals surface area contributed by atoms with Crippen molar-refractivity contribution in [3.63, 3.8) is 0 Å². The van der Waals surface area contributed by atoms with Gasteiger partial charge in [-0.05, 0) is 68.4 Å². The number of halogens is 1. The zero-order chi connectivity index (χ0) is 20.6. The average Bonchev–Trinajstić information content (AvgIpc) is 3.09. The topological polar surface area (TPSA) is 0 Å². The third-order valence-electron chi connectivity index (χ3n) is 6.78. The van der Waals surface area contributed by atoms with Gasteiger partial charge in [0.1, 0.15) is 0 Å². The first-order chi connectivity index (χ1) is 15.3. The zero-order valence-corrected chi connectivity index (χ0v) is 18.2. The summed E-state index contributed by atoms with van der Waals surface area (Å²) in [6.45, 7) is 0. The molecule has 2 aliphatic rings. The van der Waals surface area contributed by atoms with Crippen molar-refractivity contribution in [3.05, 3.63) is 130 Å². The Balaban J connectivity index is 1.77. The van der Waals surface area contributed by atoms with E-state index in [2.05, 4.69) is 97.1 Å². The van der Waals surface area contributed by atoms with E-state index in [-0.39, 0.29) is 5.41 Å². The molecule has 1 spiro atoms. The molecule has 1 aliphatic heterocycles. The van der Waals surface area contributed by atoms with Crippen LogP contribution < -0.4 is 0 Å². The largest absolute Gasteiger partial charge is 0.0894 e. The van der Waals surface area contributed by atoms with E-state index in [0.717, 1.165) is 5.02 Å². The van der Waals surface area contributed by atoms with Crippen molar-refractivity contribution in [2.45, 2.75) is 15.2 Å². The predicted octanol–water partition coefficient (Wildman–Crippen LogP) is 8.32. The van der Waals surface area contributed by atoms with Crippen molar-refractivity contribution in [3.8, 4) is 11.1 Å². The SMILES string of the molecule is Clc1ccc2c(c1)C1(c3ccccc3Sc3ccc4ccccc4c31)c1ccccc1-2. The maximum atomic E-state index is 6.64. The number of hydrogen-bond acceptors (Lipinski definition) is 1. The molecule has 0 saturated carbocycles. The van der Waals surface area contributed by atoms with Crippen molar-refractivity contribution in [2.75, 3.05) is 0 Å². The molecule has 0 bridgehead atoms. The van der Waals surface area contributed by atoms with Crippen LogP contribution in [0, 0.1) is 0 Å². The zero-order valence-electron chi connectivity index (χ0n) is 16.6. The predicted molar refractivity (Wildman–Crippen MR) is 130 cm³/mol. The van der Waals surface area contributed by atoms with Gasteiger partial charge in [0.15, 0.2) is 0 Å². The van der Waals surface area contributed by atoms with Crippen molar-refractivity contribution < 1.29 is 0 Å². The van der Waals surface area contributed by atoms with Gasteiger partial charge >= 0.3 is 0 Å². The van der Waals surface area contributed by atoms with Gasteiger partial charge in [-0.25, -0.2) is 0 Å². The van der Waals surface area contributed by atoms with Crippen LogP contribution in [0.3, 0.4) is 0 Å². The molecule has 146 valence electrons. The van der Waals surface area contributed by atoms with Gasteiger partial charge in [-0.3, -0.25) is 0 Å². The van der Waals surface area contributed by atoms with Crippen LogP contribution in [0.15, 0.2) is 113 Å². The number of fused-ring (bicyclic) bond motifs is 11. The van der Waals surface area contributed by atoms with Crippen LogP contribution in [0.25, 0.3) is 21.9 Å². The van der Waals surface area contributed by atoms with Crippen LogP contribution in [0.2, 0.25) is 5.02 Å². The molecule has 1 atom stereocenters. The van der Waals surface area contributed by atoms with Crippen molar-refractivity contribution in [1.29, 1.82) is 0 Å². The lowest BCUT2D eigenvalue weighted by Crippen LogP contribution is -2.32. The molecule has 1 unspecified atom stereocenters. The summed E-state index contributed by atoms with van der Waals surface area (Å²) >= 11 is 8.51. The molecule has 0 aromatic heterocycles. The Kier molecular flexibility index (Phi) is 3.57. The van der Waals surface area contributed by atoms with E-state index >= 15 is 0 Å². The summed E-state index contributed by atoms with van der Waals surface area (Å²) in [5.41, 5.74) is 7.55. The van der Waals surface area contributed by atoms with E-state index in [4.69, 9.17) is 11.6 Å². The summed E-state index contributed by atoms with van der Waals surface area (Å²) in [5.74, 6) is 0. The van der Waals surface area contributed by atoms with Gasteiger partial charge in [0.05, 0.1) is 5.41 Å². The molecule has 0 nitrogen and oxygen atoms in total. The quantitative estimate of drug-likeness (QED) is 0.232. The van der Waals surface area contributed by atoms with E-state index < -0.39 is 0 Å². The summed E-state index contributed by atoms with van der Waals surface area (Å²) in [6, 6.07) is 37.5. The lowest BCUT2D eigenvalue weighted by molar-refractivity contribution is 0.730. The second kappa shape index (κ2) is 6.26. The number of benzene rings is 5. The Labute approximate surface area is 190 Å². The van der Waals surface area contributed by atoms with Gasteiger partial charge < -0.3 is 0 Å². The molecular formula is C29H17ClS. The second-order valence-corrected chi connectivity index (χ2v) is 9.76.